The van der Waals surface area contributed by atoms with E-state index in [-0.39, 0.29) is 0 Å². The summed E-state index contributed by atoms with van der Waals surface area (Å²) in [5.41, 5.74) is 1.25. The molecule has 156 valence electrons. The minimum absolute atomic E-state index is 0.688. The van der Waals surface area contributed by atoms with Crippen molar-refractivity contribution < 1.29 is 0 Å². The Kier molecular flexibility index (Phi) is 8.07. The molecular formula is C21H30ClN7. The number of aliphatic imine (C=N–C) groups is 1. The lowest BCUT2D eigenvalue weighted by atomic mass is 10.2. The van der Waals surface area contributed by atoms with Crippen molar-refractivity contribution in [1.82, 2.24) is 29.9 Å². The number of hydrogen-bond donors (Lipinski definition) is 1. The van der Waals surface area contributed by atoms with Gasteiger partial charge in [-0.1, -0.05) is 36.7 Å². The molecule has 2 aromatic rings. The van der Waals surface area contributed by atoms with Gasteiger partial charge in [-0.05, 0) is 17.7 Å². The number of guanidine groups is 1. The Balaban J connectivity index is 1.54. The average molecular weight is 416 g/mol. The lowest BCUT2D eigenvalue weighted by Crippen LogP contribution is -2.52. The molecule has 0 amide bonds. The van der Waals surface area contributed by atoms with Crippen molar-refractivity contribution in [2.24, 2.45) is 4.99 Å². The summed E-state index contributed by atoms with van der Waals surface area (Å²) in [5, 5.41) is 12.3. The first kappa shape index (κ1) is 21.3. The summed E-state index contributed by atoms with van der Waals surface area (Å²) in [6.45, 7) is 12.9. The minimum Gasteiger partial charge on any atom is -0.353 e. The molecule has 7 nitrogen and oxygen atoms in total. The van der Waals surface area contributed by atoms with Gasteiger partial charge in [0, 0.05) is 57.3 Å². The van der Waals surface area contributed by atoms with Gasteiger partial charge in [-0.2, -0.15) is 0 Å². The second-order valence-electron chi connectivity index (χ2n) is 7.06. The third-order valence-corrected chi connectivity index (χ3v) is 5.22. The first-order valence-corrected chi connectivity index (χ1v) is 10.5. The second-order valence-corrected chi connectivity index (χ2v) is 7.50. The predicted molar refractivity (Wildman–Crippen MR) is 118 cm³/mol. The van der Waals surface area contributed by atoms with Crippen molar-refractivity contribution in [2.75, 3.05) is 39.3 Å². The molecule has 1 fully saturated rings. The van der Waals surface area contributed by atoms with Gasteiger partial charge >= 0.3 is 0 Å². The zero-order valence-electron chi connectivity index (χ0n) is 17.1. The van der Waals surface area contributed by atoms with Crippen LogP contribution in [-0.2, 0) is 19.5 Å². The Labute approximate surface area is 178 Å². The molecule has 0 spiro atoms. The Morgan fingerprint density at radius 1 is 1.31 bits per heavy atom. The van der Waals surface area contributed by atoms with Gasteiger partial charge in [0.2, 0.25) is 0 Å². The molecule has 1 aliphatic rings. The van der Waals surface area contributed by atoms with Crippen LogP contribution in [-0.4, -0.2) is 69.8 Å². The molecule has 1 saturated heterocycles. The zero-order chi connectivity index (χ0) is 20.5. The van der Waals surface area contributed by atoms with E-state index in [2.05, 4.69) is 49.5 Å². The minimum atomic E-state index is 0.688. The smallest absolute Gasteiger partial charge is 0.194 e. The van der Waals surface area contributed by atoms with Crippen LogP contribution in [0.2, 0.25) is 5.02 Å². The van der Waals surface area contributed by atoms with Crippen LogP contribution in [0, 0.1) is 0 Å². The first-order valence-electron chi connectivity index (χ1n) is 10.2. The standard InChI is InChI=1S/C21H30ClN7/c1-3-8-23-21(24-9-10-29-17-25-26-20(29)4-2)28-13-11-27(12-14-28)16-18-6-5-7-19(22)15-18/h3,5-7,15,17H,1,4,8-14,16H2,2H3,(H,23,24). The first-order chi connectivity index (χ1) is 14.2. The Bertz CT molecular complexity index is 809. The van der Waals surface area contributed by atoms with Crippen LogP contribution >= 0.6 is 11.6 Å². The van der Waals surface area contributed by atoms with Crippen molar-refractivity contribution >= 4 is 17.6 Å². The number of piperazine rings is 1. The maximum absolute atomic E-state index is 6.11. The summed E-state index contributed by atoms with van der Waals surface area (Å²) < 4.78 is 2.07. The molecule has 1 N–H and O–H groups in total. The van der Waals surface area contributed by atoms with Gasteiger partial charge < -0.3 is 14.8 Å². The fraction of sp³-hybridized carbons (Fsp3) is 0.476. The zero-order valence-corrected chi connectivity index (χ0v) is 17.9. The monoisotopic (exact) mass is 415 g/mol. The van der Waals surface area contributed by atoms with E-state index in [1.165, 1.54) is 5.56 Å². The second kappa shape index (κ2) is 11.0. The Hall–Kier alpha value is -2.38. The largest absolute Gasteiger partial charge is 0.353 e. The summed E-state index contributed by atoms with van der Waals surface area (Å²) in [6, 6.07) is 8.10. The van der Waals surface area contributed by atoms with Crippen LogP contribution in [0.25, 0.3) is 0 Å². The van der Waals surface area contributed by atoms with E-state index in [0.717, 1.165) is 62.5 Å². The van der Waals surface area contributed by atoms with E-state index in [9.17, 15) is 0 Å². The van der Waals surface area contributed by atoms with Crippen molar-refractivity contribution in [1.29, 1.82) is 0 Å². The van der Waals surface area contributed by atoms with E-state index in [1.807, 2.05) is 24.3 Å². The summed E-state index contributed by atoms with van der Waals surface area (Å²) in [4.78, 5) is 9.61. The van der Waals surface area contributed by atoms with Gasteiger partial charge in [-0.25, -0.2) is 0 Å². The van der Waals surface area contributed by atoms with Crippen LogP contribution in [0.15, 0.2) is 48.2 Å². The van der Waals surface area contributed by atoms with E-state index in [4.69, 9.17) is 16.6 Å². The molecule has 0 saturated carbocycles. The molecule has 3 rings (SSSR count). The van der Waals surface area contributed by atoms with Gasteiger partial charge in [0.1, 0.15) is 12.2 Å². The summed E-state index contributed by atoms with van der Waals surface area (Å²) in [7, 11) is 0. The van der Waals surface area contributed by atoms with Crippen LogP contribution in [0.4, 0.5) is 0 Å². The van der Waals surface area contributed by atoms with Gasteiger partial charge in [0.25, 0.3) is 0 Å². The molecular weight excluding hydrogens is 386 g/mol. The summed E-state index contributed by atoms with van der Waals surface area (Å²) >= 11 is 6.11. The lowest BCUT2D eigenvalue weighted by molar-refractivity contribution is 0.172. The number of nitrogens with one attached hydrogen (secondary N) is 1. The number of hydrogen-bond acceptors (Lipinski definition) is 4. The molecule has 1 aromatic carbocycles. The normalized spacial score (nSPS) is 15.5. The maximum atomic E-state index is 6.11. The molecule has 1 aliphatic heterocycles. The fourth-order valence-corrected chi connectivity index (χ4v) is 3.66. The van der Waals surface area contributed by atoms with Crippen molar-refractivity contribution in [3.63, 3.8) is 0 Å². The quantitative estimate of drug-likeness (QED) is 0.407. The molecule has 0 aliphatic carbocycles. The molecule has 2 heterocycles. The number of rotatable bonds is 8. The number of benzene rings is 1. The van der Waals surface area contributed by atoms with Crippen molar-refractivity contribution in [2.45, 2.75) is 26.4 Å². The van der Waals surface area contributed by atoms with Gasteiger partial charge in [0.15, 0.2) is 5.96 Å². The van der Waals surface area contributed by atoms with Crippen LogP contribution in [0.1, 0.15) is 18.3 Å². The van der Waals surface area contributed by atoms with Crippen molar-refractivity contribution in [3.05, 3.63) is 59.7 Å². The van der Waals surface area contributed by atoms with Crippen LogP contribution in [0.5, 0.6) is 0 Å². The molecule has 0 unspecified atom stereocenters. The molecule has 0 bridgehead atoms. The third-order valence-electron chi connectivity index (χ3n) is 4.99. The van der Waals surface area contributed by atoms with E-state index < -0.39 is 0 Å². The van der Waals surface area contributed by atoms with Crippen LogP contribution < -0.4 is 5.32 Å². The Morgan fingerprint density at radius 3 is 2.86 bits per heavy atom. The molecule has 29 heavy (non-hydrogen) atoms. The van der Waals surface area contributed by atoms with Gasteiger partial charge in [-0.3, -0.25) is 9.89 Å². The van der Waals surface area contributed by atoms with Crippen molar-refractivity contribution in [3.8, 4) is 0 Å². The summed E-state index contributed by atoms with van der Waals surface area (Å²) in [5.74, 6) is 1.94. The highest BCUT2D eigenvalue weighted by atomic mass is 35.5. The Morgan fingerprint density at radius 2 is 2.14 bits per heavy atom. The predicted octanol–water partition coefficient (Wildman–Crippen LogP) is 2.44. The number of halogens is 1. The average Bonchev–Trinajstić information content (AvgIpc) is 3.19. The van der Waals surface area contributed by atoms with E-state index >= 15 is 0 Å². The van der Waals surface area contributed by atoms with E-state index in [0.29, 0.717) is 13.1 Å². The highest BCUT2D eigenvalue weighted by Gasteiger charge is 2.19. The highest BCUT2D eigenvalue weighted by Crippen LogP contribution is 2.14. The topological polar surface area (TPSA) is 61.6 Å². The molecule has 8 heteroatoms. The highest BCUT2D eigenvalue weighted by molar-refractivity contribution is 6.30. The number of aromatic nitrogens is 3. The molecule has 0 atom stereocenters. The third kappa shape index (κ3) is 6.30. The maximum Gasteiger partial charge on any atom is 0.194 e. The van der Waals surface area contributed by atoms with E-state index in [1.54, 1.807) is 6.33 Å². The van der Waals surface area contributed by atoms with Gasteiger partial charge in [-0.15, -0.1) is 16.8 Å². The number of aryl methyl sites for hydroxylation is 1. The van der Waals surface area contributed by atoms with Crippen LogP contribution in [0.3, 0.4) is 0 Å². The molecule has 0 radical (unpaired) electrons. The summed E-state index contributed by atoms with van der Waals surface area (Å²) in [6.07, 6.45) is 4.51. The fourth-order valence-electron chi connectivity index (χ4n) is 3.45. The molecule has 1 aromatic heterocycles. The number of nitrogens with zero attached hydrogens (tertiary/aromatic N) is 6. The van der Waals surface area contributed by atoms with Gasteiger partial charge in [0.05, 0.1) is 6.54 Å². The lowest BCUT2D eigenvalue weighted by Gasteiger charge is -2.36. The SMILES string of the molecule is C=CCNC(=NCCn1cnnc1CC)N1CCN(Cc2cccc(Cl)c2)CC1.